The average Bonchev–Trinajstić information content (AvgIpc) is 2.63. The zero-order valence-electron chi connectivity index (χ0n) is 14.9. The van der Waals surface area contributed by atoms with Crippen molar-refractivity contribution in [1.82, 2.24) is 0 Å². The molecule has 0 nitrogen and oxygen atoms in total. The van der Waals surface area contributed by atoms with E-state index in [1.165, 1.54) is 59.8 Å². The van der Waals surface area contributed by atoms with Gasteiger partial charge >= 0.3 is 0 Å². The third kappa shape index (κ3) is 2.07. The highest BCUT2D eigenvalue weighted by Crippen LogP contribution is 2.36. The predicted molar refractivity (Wildman–Crippen MR) is 111 cm³/mol. The Hall–Kier alpha value is -2.86. The number of aryl methyl sites for hydroxylation is 3. The predicted octanol–water partition coefficient (Wildman–Crippen LogP) is 7.22. The molecule has 120 valence electrons. The van der Waals surface area contributed by atoms with E-state index in [4.69, 9.17) is 0 Å². The summed E-state index contributed by atoms with van der Waals surface area (Å²) in [6.07, 6.45) is 0. The van der Waals surface area contributed by atoms with E-state index in [1.54, 1.807) is 0 Å². The molecule has 5 aromatic carbocycles. The molecule has 0 aliphatic heterocycles. The Balaban J connectivity index is 2.01. The maximum atomic E-state index is 2.37. The van der Waals surface area contributed by atoms with Crippen molar-refractivity contribution in [2.24, 2.45) is 0 Å². The molecule has 0 N–H and O–H groups in total. The molecule has 0 heterocycles. The van der Waals surface area contributed by atoms with Crippen LogP contribution in [-0.4, -0.2) is 0 Å². The molecule has 0 spiro atoms. The summed E-state index contributed by atoms with van der Waals surface area (Å²) < 4.78 is 0. The van der Waals surface area contributed by atoms with Gasteiger partial charge in [0.05, 0.1) is 0 Å². The summed E-state index contributed by atoms with van der Waals surface area (Å²) in [6.45, 7) is 6.69. The molecule has 0 unspecified atom stereocenters. The maximum Gasteiger partial charge on any atom is -0.0139 e. The van der Waals surface area contributed by atoms with E-state index in [2.05, 4.69) is 87.5 Å². The van der Waals surface area contributed by atoms with Gasteiger partial charge in [-0.25, -0.2) is 0 Å². The Morgan fingerprint density at radius 3 is 1.40 bits per heavy atom. The van der Waals surface area contributed by atoms with E-state index in [9.17, 15) is 0 Å². The SMILES string of the molecule is Cc1ccc2cc3c(C)c4cc5ccccc5cc4c(C)c3cc2c1. The van der Waals surface area contributed by atoms with E-state index >= 15 is 0 Å². The molecule has 25 heavy (non-hydrogen) atoms. The molecule has 0 heteroatoms. The van der Waals surface area contributed by atoms with Crippen LogP contribution >= 0.6 is 0 Å². The number of hydrogen-bond acceptors (Lipinski definition) is 0. The van der Waals surface area contributed by atoms with Gasteiger partial charge in [0.15, 0.2) is 0 Å². The minimum Gasteiger partial charge on any atom is -0.0616 e. The fourth-order valence-corrected chi connectivity index (χ4v) is 4.19. The third-order valence-electron chi connectivity index (χ3n) is 5.63. The summed E-state index contributed by atoms with van der Waals surface area (Å²) in [5.74, 6) is 0. The van der Waals surface area contributed by atoms with Crippen LogP contribution in [0.3, 0.4) is 0 Å². The van der Waals surface area contributed by atoms with E-state index < -0.39 is 0 Å². The first kappa shape index (κ1) is 14.5. The molecule has 0 saturated heterocycles. The minimum absolute atomic E-state index is 1.31. The van der Waals surface area contributed by atoms with Crippen LogP contribution in [0.1, 0.15) is 16.7 Å². The summed E-state index contributed by atoms with van der Waals surface area (Å²) in [5, 5.41) is 10.8. The van der Waals surface area contributed by atoms with Crippen molar-refractivity contribution in [3.8, 4) is 0 Å². The summed E-state index contributed by atoms with van der Waals surface area (Å²) >= 11 is 0. The average molecular weight is 320 g/mol. The topological polar surface area (TPSA) is 0 Å². The molecular weight excluding hydrogens is 300 g/mol. The standard InChI is InChI=1S/C25H20/c1-15-8-9-20-13-24-16(2)22-11-18-6-4-5-7-19(18)12-23(22)17(3)25(24)14-21(20)10-15/h4-14H,1-3H3. The Labute approximate surface area is 147 Å². The molecule has 5 aromatic rings. The number of rotatable bonds is 0. The summed E-state index contributed by atoms with van der Waals surface area (Å²) in [5.41, 5.74) is 4.07. The number of hydrogen-bond donors (Lipinski definition) is 0. The van der Waals surface area contributed by atoms with Crippen LogP contribution in [0.5, 0.6) is 0 Å². The number of fused-ring (bicyclic) bond motifs is 4. The van der Waals surface area contributed by atoms with E-state index in [-0.39, 0.29) is 0 Å². The fraction of sp³-hybridized carbons (Fsp3) is 0.120. The van der Waals surface area contributed by atoms with E-state index in [0.717, 1.165) is 0 Å². The molecular formula is C25H20. The third-order valence-corrected chi connectivity index (χ3v) is 5.63. The Morgan fingerprint density at radius 2 is 0.880 bits per heavy atom. The smallest absolute Gasteiger partial charge is 0.0139 e. The first-order chi connectivity index (χ1) is 12.1. The van der Waals surface area contributed by atoms with Crippen LogP contribution in [0.2, 0.25) is 0 Å². The van der Waals surface area contributed by atoms with E-state index in [1.807, 2.05) is 0 Å². The lowest BCUT2D eigenvalue weighted by Crippen LogP contribution is -1.90. The summed E-state index contributed by atoms with van der Waals surface area (Å²) in [6, 6.07) is 24.8. The van der Waals surface area contributed by atoms with Crippen molar-refractivity contribution < 1.29 is 0 Å². The molecule has 0 aromatic heterocycles. The molecule has 0 saturated carbocycles. The van der Waals surface area contributed by atoms with Gasteiger partial charge in [-0.2, -0.15) is 0 Å². The van der Waals surface area contributed by atoms with Gasteiger partial charge in [0.1, 0.15) is 0 Å². The highest BCUT2D eigenvalue weighted by molar-refractivity contribution is 6.13. The van der Waals surface area contributed by atoms with Crippen molar-refractivity contribution in [2.45, 2.75) is 20.8 Å². The Bertz CT molecular complexity index is 1310. The van der Waals surface area contributed by atoms with Crippen molar-refractivity contribution in [2.75, 3.05) is 0 Å². The second kappa shape index (κ2) is 5.07. The minimum atomic E-state index is 1.31. The molecule has 5 rings (SSSR count). The highest BCUT2D eigenvalue weighted by Gasteiger charge is 2.11. The zero-order valence-corrected chi connectivity index (χ0v) is 14.9. The maximum absolute atomic E-state index is 2.37. The number of benzene rings is 5. The normalized spacial score (nSPS) is 11.8. The lowest BCUT2D eigenvalue weighted by atomic mass is 9.89. The first-order valence-corrected chi connectivity index (χ1v) is 8.87. The first-order valence-electron chi connectivity index (χ1n) is 8.87. The second-order valence-corrected chi connectivity index (χ2v) is 7.24. The summed E-state index contributed by atoms with van der Waals surface area (Å²) in [7, 11) is 0. The molecule has 0 radical (unpaired) electrons. The van der Waals surface area contributed by atoms with Crippen molar-refractivity contribution in [3.05, 3.63) is 83.4 Å². The lowest BCUT2D eigenvalue weighted by Gasteiger charge is -2.14. The van der Waals surface area contributed by atoms with Crippen molar-refractivity contribution >= 4 is 43.1 Å². The fourth-order valence-electron chi connectivity index (χ4n) is 4.19. The van der Waals surface area contributed by atoms with E-state index in [0.29, 0.717) is 0 Å². The van der Waals surface area contributed by atoms with Gasteiger partial charge in [-0.05, 0) is 99.3 Å². The van der Waals surface area contributed by atoms with Crippen molar-refractivity contribution in [3.63, 3.8) is 0 Å². The van der Waals surface area contributed by atoms with Crippen LogP contribution in [0.4, 0.5) is 0 Å². The van der Waals surface area contributed by atoms with Gasteiger partial charge in [0.2, 0.25) is 0 Å². The molecule has 0 aliphatic rings. The second-order valence-electron chi connectivity index (χ2n) is 7.24. The van der Waals surface area contributed by atoms with Gasteiger partial charge in [-0.3, -0.25) is 0 Å². The van der Waals surface area contributed by atoms with Gasteiger partial charge in [0.25, 0.3) is 0 Å². The Morgan fingerprint density at radius 1 is 0.440 bits per heavy atom. The van der Waals surface area contributed by atoms with Crippen LogP contribution in [0.25, 0.3) is 43.1 Å². The van der Waals surface area contributed by atoms with Crippen LogP contribution in [0, 0.1) is 20.8 Å². The van der Waals surface area contributed by atoms with Crippen LogP contribution in [0.15, 0.2) is 66.7 Å². The summed E-state index contributed by atoms with van der Waals surface area (Å²) in [4.78, 5) is 0. The molecule has 0 atom stereocenters. The van der Waals surface area contributed by atoms with Crippen LogP contribution in [-0.2, 0) is 0 Å². The van der Waals surface area contributed by atoms with Gasteiger partial charge in [0, 0.05) is 0 Å². The molecule has 0 aliphatic carbocycles. The lowest BCUT2D eigenvalue weighted by molar-refractivity contribution is 1.50. The molecule has 0 amide bonds. The Kier molecular flexibility index (Phi) is 2.93. The van der Waals surface area contributed by atoms with Gasteiger partial charge in [-0.15, -0.1) is 0 Å². The van der Waals surface area contributed by atoms with Gasteiger partial charge in [-0.1, -0.05) is 48.0 Å². The van der Waals surface area contributed by atoms with Gasteiger partial charge < -0.3 is 0 Å². The zero-order chi connectivity index (χ0) is 17.1. The molecule has 0 fully saturated rings. The van der Waals surface area contributed by atoms with Crippen LogP contribution < -0.4 is 0 Å². The largest absolute Gasteiger partial charge is 0.0616 e. The van der Waals surface area contributed by atoms with Crippen molar-refractivity contribution in [1.29, 1.82) is 0 Å². The monoisotopic (exact) mass is 320 g/mol. The highest BCUT2D eigenvalue weighted by atomic mass is 14.1. The quantitative estimate of drug-likeness (QED) is 0.264. The molecule has 0 bridgehead atoms.